The second-order valence-electron chi connectivity index (χ2n) is 3.03. The van der Waals surface area contributed by atoms with Crippen LogP contribution in [0.1, 0.15) is 23.2 Å². The highest BCUT2D eigenvalue weighted by atomic mass is 16.5. The third kappa shape index (κ3) is 1.96. The molecule has 0 saturated heterocycles. The molecule has 0 bridgehead atoms. The van der Waals surface area contributed by atoms with Crippen molar-refractivity contribution in [3.63, 3.8) is 0 Å². The van der Waals surface area contributed by atoms with Gasteiger partial charge in [0.25, 0.3) is 0 Å². The van der Waals surface area contributed by atoms with Crippen LogP contribution in [0.3, 0.4) is 0 Å². The van der Waals surface area contributed by atoms with Crippen LogP contribution in [0.25, 0.3) is 0 Å². The van der Waals surface area contributed by atoms with E-state index < -0.39 is 5.97 Å². The molecule has 0 spiro atoms. The lowest BCUT2D eigenvalue weighted by molar-refractivity contribution is 0.0695. The first-order valence-corrected chi connectivity index (χ1v) is 4.11. The number of hydrogen-bond donors (Lipinski definition) is 1. The van der Waals surface area contributed by atoms with Crippen LogP contribution in [0, 0.1) is 0 Å². The third-order valence-electron chi connectivity index (χ3n) is 1.79. The summed E-state index contributed by atoms with van der Waals surface area (Å²) in [5.74, 6) is -0.434. The van der Waals surface area contributed by atoms with Gasteiger partial charge < -0.3 is 9.84 Å². The summed E-state index contributed by atoms with van der Waals surface area (Å²) >= 11 is 0. The van der Waals surface area contributed by atoms with Crippen molar-refractivity contribution < 1.29 is 14.6 Å². The van der Waals surface area contributed by atoms with E-state index in [4.69, 9.17) is 9.84 Å². The van der Waals surface area contributed by atoms with Crippen LogP contribution in [0.15, 0.2) is 18.5 Å². The molecule has 1 fully saturated rings. The Morgan fingerprint density at radius 2 is 2.31 bits per heavy atom. The van der Waals surface area contributed by atoms with E-state index in [2.05, 4.69) is 4.98 Å². The van der Waals surface area contributed by atoms with Crippen molar-refractivity contribution in [2.75, 3.05) is 0 Å². The number of aromatic carboxylic acids is 1. The van der Waals surface area contributed by atoms with Crippen molar-refractivity contribution in [3.05, 3.63) is 24.0 Å². The SMILES string of the molecule is O=C(O)c1cncc(OC2CC2)c1. The zero-order valence-electron chi connectivity index (χ0n) is 6.93. The fraction of sp³-hybridized carbons (Fsp3) is 0.333. The van der Waals surface area contributed by atoms with Crippen LogP contribution < -0.4 is 4.74 Å². The maximum atomic E-state index is 10.6. The normalized spacial score (nSPS) is 15.4. The van der Waals surface area contributed by atoms with Gasteiger partial charge in [-0.05, 0) is 18.9 Å². The maximum absolute atomic E-state index is 10.6. The standard InChI is InChI=1S/C9H9NO3/c11-9(12)6-3-8(5-10-4-6)13-7-1-2-7/h3-5,7H,1-2H2,(H,11,12). The predicted octanol–water partition coefficient (Wildman–Crippen LogP) is 1.32. The van der Waals surface area contributed by atoms with Gasteiger partial charge in [0.05, 0.1) is 17.9 Å². The minimum Gasteiger partial charge on any atom is -0.489 e. The number of carboxylic acids is 1. The molecule has 1 aliphatic rings. The Morgan fingerprint density at radius 1 is 1.54 bits per heavy atom. The molecule has 0 aromatic carbocycles. The maximum Gasteiger partial charge on any atom is 0.337 e. The number of hydrogen-bond acceptors (Lipinski definition) is 3. The molecule has 4 nitrogen and oxygen atoms in total. The average Bonchev–Trinajstić information content (AvgIpc) is 2.89. The van der Waals surface area contributed by atoms with E-state index in [0.717, 1.165) is 12.8 Å². The number of nitrogens with zero attached hydrogens (tertiary/aromatic N) is 1. The molecular weight excluding hydrogens is 170 g/mol. The summed E-state index contributed by atoms with van der Waals surface area (Å²) in [5.41, 5.74) is 0.165. The molecule has 1 aliphatic carbocycles. The van der Waals surface area contributed by atoms with Gasteiger partial charge in [-0.1, -0.05) is 0 Å². The lowest BCUT2D eigenvalue weighted by Crippen LogP contribution is -2.00. The van der Waals surface area contributed by atoms with Crippen LogP contribution in [0.5, 0.6) is 5.75 Å². The molecule has 0 atom stereocenters. The van der Waals surface area contributed by atoms with E-state index in [0.29, 0.717) is 5.75 Å². The molecule has 1 aromatic rings. The summed E-state index contributed by atoms with van der Waals surface area (Å²) in [6, 6.07) is 1.49. The molecule has 1 saturated carbocycles. The van der Waals surface area contributed by atoms with E-state index >= 15 is 0 Å². The minimum absolute atomic E-state index is 0.165. The summed E-state index contributed by atoms with van der Waals surface area (Å²) in [7, 11) is 0. The number of ether oxygens (including phenoxy) is 1. The van der Waals surface area contributed by atoms with Crippen molar-refractivity contribution in [3.8, 4) is 5.75 Å². The number of carbonyl (C=O) groups is 1. The van der Waals surface area contributed by atoms with Crippen LogP contribution in [-0.2, 0) is 0 Å². The van der Waals surface area contributed by atoms with E-state index in [1.807, 2.05) is 0 Å². The number of carboxylic acid groups (broad SMARTS) is 1. The lowest BCUT2D eigenvalue weighted by Gasteiger charge is -2.03. The molecular formula is C9H9NO3. The first kappa shape index (κ1) is 8.04. The highest BCUT2D eigenvalue weighted by Crippen LogP contribution is 2.26. The summed E-state index contributed by atoms with van der Waals surface area (Å²) in [6.07, 6.45) is 5.22. The Kier molecular flexibility index (Phi) is 1.88. The monoisotopic (exact) mass is 179 g/mol. The molecule has 1 heterocycles. The van der Waals surface area contributed by atoms with E-state index in [-0.39, 0.29) is 11.7 Å². The number of aromatic nitrogens is 1. The van der Waals surface area contributed by atoms with Gasteiger partial charge in [-0.25, -0.2) is 4.79 Å². The molecule has 1 aromatic heterocycles. The third-order valence-corrected chi connectivity index (χ3v) is 1.79. The predicted molar refractivity (Wildman–Crippen MR) is 44.8 cm³/mol. The largest absolute Gasteiger partial charge is 0.489 e. The second kappa shape index (κ2) is 3.05. The molecule has 0 unspecified atom stereocenters. The highest BCUT2D eigenvalue weighted by molar-refractivity contribution is 5.87. The Balaban J connectivity index is 2.15. The summed E-state index contributed by atoms with van der Waals surface area (Å²) < 4.78 is 5.39. The zero-order valence-corrected chi connectivity index (χ0v) is 6.93. The van der Waals surface area contributed by atoms with Crippen molar-refractivity contribution in [1.29, 1.82) is 0 Å². The highest BCUT2D eigenvalue weighted by Gasteiger charge is 2.23. The quantitative estimate of drug-likeness (QED) is 0.760. The van der Waals surface area contributed by atoms with Gasteiger partial charge in [-0.15, -0.1) is 0 Å². The van der Waals surface area contributed by atoms with Crippen LogP contribution in [-0.4, -0.2) is 22.2 Å². The number of rotatable bonds is 3. The summed E-state index contributed by atoms with van der Waals surface area (Å²) in [5, 5.41) is 8.66. The van der Waals surface area contributed by atoms with E-state index in [1.54, 1.807) is 0 Å². The fourth-order valence-corrected chi connectivity index (χ4v) is 0.979. The molecule has 68 valence electrons. The summed E-state index contributed by atoms with van der Waals surface area (Å²) in [4.78, 5) is 14.3. The molecule has 1 N–H and O–H groups in total. The number of pyridine rings is 1. The average molecular weight is 179 g/mol. The smallest absolute Gasteiger partial charge is 0.337 e. The fourth-order valence-electron chi connectivity index (χ4n) is 0.979. The van der Waals surface area contributed by atoms with E-state index in [9.17, 15) is 4.79 Å². The Labute approximate surface area is 75.2 Å². The van der Waals surface area contributed by atoms with Gasteiger partial charge in [-0.3, -0.25) is 4.98 Å². The Hall–Kier alpha value is -1.58. The Morgan fingerprint density at radius 3 is 2.92 bits per heavy atom. The van der Waals surface area contributed by atoms with Gasteiger partial charge in [-0.2, -0.15) is 0 Å². The first-order chi connectivity index (χ1) is 6.25. The van der Waals surface area contributed by atoms with Crippen LogP contribution >= 0.6 is 0 Å². The van der Waals surface area contributed by atoms with Crippen LogP contribution in [0.2, 0.25) is 0 Å². The molecule has 0 radical (unpaired) electrons. The summed E-state index contributed by atoms with van der Waals surface area (Å²) in [6.45, 7) is 0. The first-order valence-electron chi connectivity index (χ1n) is 4.11. The van der Waals surface area contributed by atoms with Crippen LogP contribution in [0.4, 0.5) is 0 Å². The Bertz CT molecular complexity index is 333. The zero-order chi connectivity index (χ0) is 9.26. The van der Waals surface area contributed by atoms with Gasteiger partial charge in [0.15, 0.2) is 0 Å². The van der Waals surface area contributed by atoms with Gasteiger partial charge >= 0.3 is 5.97 Å². The lowest BCUT2D eigenvalue weighted by atomic mass is 10.3. The van der Waals surface area contributed by atoms with Crippen molar-refractivity contribution in [1.82, 2.24) is 4.98 Å². The molecule has 0 amide bonds. The van der Waals surface area contributed by atoms with Crippen molar-refractivity contribution in [2.24, 2.45) is 0 Å². The molecule has 4 heteroatoms. The van der Waals surface area contributed by atoms with Gasteiger partial charge in [0.2, 0.25) is 0 Å². The molecule has 13 heavy (non-hydrogen) atoms. The van der Waals surface area contributed by atoms with Crippen molar-refractivity contribution >= 4 is 5.97 Å². The van der Waals surface area contributed by atoms with E-state index in [1.165, 1.54) is 18.5 Å². The van der Waals surface area contributed by atoms with Gasteiger partial charge in [0.1, 0.15) is 5.75 Å². The molecule has 0 aliphatic heterocycles. The second-order valence-corrected chi connectivity index (χ2v) is 3.03. The van der Waals surface area contributed by atoms with Gasteiger partial charge in [0, 0.05) is 6.20 Å². The topological polar surface area (TPSA) is 59.4 Å². The minimum atomic E-state index is -0.978. The van der Waals surface area contributed by atoms with Crippen molar-refractivity contribution in [2.45, 2.75) is 18.9 Å². The molecule has 2 rings (SSSR count).